The van der Waals surface area contributed by atoms with Gasteiger partial charge in [-0.3, -0.25) is 24.0 Å². The van der Waals surface area contributed by atoms with Gasteiger partial charge < -0.3 is 36.4 Å². The molecule has 0 saturated carbocycles. The smallest absolute Gasteiger partial charge is 0.316 e. The molecule has 1 aromatic carbocycles. The predicted octanol–water partition coefficient (Wildman–Crippen LogP) is 4.21. The molecule has 5 N–H and O–H groups in total. The number of piperazine rings is 1. The molecule has 14 heteroatoms. The van der Waals surface area contributed by atoms with Crippen LogP contribution in [0.1, 0.15) is 88.5 Å². The minimum absolute atomic E-state index is 0.0803. The van der Waals surface area contributed by atoms with Crippen LogP contribution in [0.2, 0.25) is 5.02 Å². The Morgan fingerprint density at radius 2 is 1.57 bits per heavy atom. The van der Waals surface area contributed by atoms with Crippen molar-refractivity contribution in [2.75, 3.05) is 37.6 Å². The fourth-order valence-corrected chi connectivity index (χ4v) is 6.89. The first-order chi connectivity index (χ1) is 24.7. The van der Waals surface area contributed by atoms with E-state index >= 15 is 0 Å². The first-order valence-electron chi connectivity index (χ1n) is 18.9. The molecule has 6 atom stereocenters. The SMILES string of the molecule is CCC(C)CC(NC(=O)C1C[C@@H](C(C)C)CN1C(=O)C(NC(=O)NC(C(=O)N1CCN(c2cccc(Cl)c2)CC1)C(C)C)C(C)(C)C)C(C)=O.NC=O. The second-order valence-corrected chi connectivity index (χ2v) is 16.7. The Morgan fingerprint density at radius 1 is 0.962 bits per heavy atom. The summed E-state index contributed by atoms with van der Waals surface area (Å²) >= 11 is 6.19. The van der Waals surface area contributed by atoms with Gasteiger partial charge in [-0.15, -0.1) is 0 Å². The van der Waals surface area contributed by atoms with Gasteiger partial charge in [0.05, 0.1) is 6.04 Å². The van der Waals surface area contributed by atoms with E-state index in [4.69, 9.17) is 16.4 Å². The number of hydrogen-bond donors (Lipinski definition) is 4. The zero-order valence-electron chi connectivity index (χ0n) is 33.4. The van der Waals surface area contributed by atoms with Gasteiger partial charge in [0.25, 0.3) is 0 Å². The highest BCUT2D eigenvalue weighted by Gasteiger charge is 2.46. The molecule has 13 nitrogen and oxygen atoms in total. The first-order valence-corrected chi connectivity index (χ1v) is 19.3. The third-order valence-corrected chi connectivity index (χ3v) is 10.6. The van der Waals surface area contributed by atoms with Crippen molar-refractivity contribution in [1.82, 2.24) is 25.8 Å². The second-order valence-electron chi connectivity index (χ2n) is 16.2. The second kappa shape index (κ2) is 20.5. The average molecular weight is 762 g/mol. The fourth-order valence-electron chi connectivity index (χ4n) is 6.70. The number of anilines is 1. The molecule has 0 radical (unpaired) electrons. The van der Waals surface area contributed by atoms with Crippen LogP contribution in [0.5, 0.6) is 0 Å². The number of ketones is 1. The lowest BCUT2D eigenvalue weighted by Gasteiger charge is -2.39. The van der Waals surface area contributed by atoms with Gasteiger partial charge in [0.15, 0.2) is 5.78 Å². The number of urea groups is 1. The summed E-state index contributed by atoms with van der Waals surface area (Å²) in [6.07, 6.45) is 2.14. The number of nitrogens with one attached hydrogen (secondary N) is 3. The lowest BCUT2D eigenvalue weighted by atomic mass is 9.85. The molecule has 0 bridgehead atoms. The maximum Gasteiger partial charge on any atom is 0.316 e. The van der Waals surface area contributed by atoms with E-state index in [2.05, 4.69) is 40.4 Å². The summed E-state index contributed by atoms with van der Waals surface area (Å²) in [4.78, 5) is 82.1. The van der Waals surface area contributed by atoms with E-state index in [1.54, 1.807) is 9.80 Å². The maximum atomic E-state index is 14.4. The van der Waals surface area contributed by atoms with E-state index in [0.29, 0.717) is 50.6 Å². The van der Waals surface area contributed by atoms with Gasteiger partial charge in [-0.25, -0.2) is 4.79 Å². The molecule has 1 aromatic rings. The number of nitrogens with two attached hydrogens (primary N) is 1. The number of primary amides is 1. The number of hydrogen-bond acceptors (Lipinski definition) is 7. The van der Waals surface area contributed by atoms with Crippen molar-refractivity contribution >= 4 is 53.2 Å². The fraction of sp³-hybridized carbons (Fsp3) is 0.692. The summed E-state index contributed by atoms with van der Waals surface area (Å²) in [6.45, 7) is 21.7. The molecule has 2 fully saturated rings. The number of carbonyl (C=O) groups is 6. The first kappa shape index (κ1) is 45.3. The monoisotopic (exact) mass is 761 g/mol. The van der Waals surface area contributed by atoms with Crippen LogP contribution in [0.25, 0.3) is 0 Å². The maximum absolute atomic E-state index is 14.4. The van der Waals surface area contributed by atoms with E-state index < -0.39 is 35.6 Å². The number of nitrogens with zero attached hydrogens (tertiary/aromatic N) is 3. The van der Waals surface area contributed by atoms with Crippen LogP contribution in [-0.4, -0.2) is 103 Å². The summed E-state index contributed by atoms with van der Waals surface area (Å²) in [7, 11) is 0. The number of halogens is 1. The van der Waals surface area contributed by atoms with E-state index in [0.717, 1.165) is 12.1 Å². The molecule has 53 heavy (non-hydrogen) atoms. The normalized spacial score (nSPS) is 19.8. The summed E-state index contributed by atoms with van der Waals surface area (Å²) < 4.78 is 0. The van der Waals surface area contributed by atoms with Crippen molar-refractivity contribution in [2.24, 2.45) is 34.8 Å². The van der Waals surface area contributed by atoms with Crippen LogP contribution in [0.4, 0.5) is 10.5 Å². The molecule has 5 unspecified atom stereocenters. The highest BCUT2D eigenvalue weighted by Crippen LogP contribution is 2.32. The van der Waals surface area contributed by atoms with Gasteiger partial charge in [0.2, 0.25) is 24.1 Å². The topological polar surface area (TPSA) is 174 Å². The largest absolute Gasteiger partial charge is 0.372 e. The molecule has 2 saturated heterocycles. The Hall–Kier alpha value is -3.87. The third-order valence-electron chi connectivity index (χ3n) is 10.4. The lowest BCUT2D eigenvalue weighted by Crippen LogP contribution is -2.62. The molecule has 0 aliphatic carbocycles. The summed E-state index contributed by atoms with van der Waals surface area (Å²) in [5.41, 5.74) is 4.46. The highest BCUT2D eigenvalue weighted by atomic mass is 35.5. The number of carbonyl (C=O) groups excluding carboxylic acids is 6. The standard InChI is InChI=1S/C38H61ClN6O5.CH3NO/c1-11-25(6)19-30(26(7)46)40-34(47)31-20-27(23(2)3)22-45(31)36(49)33(38(8,9)10)42-37(50)41-32(24(4)5)35(48)44-17-15-43(16-18-44)29-14-12-13-28(39)21-29;2-1-3/h12-14,21,23-25,27,30-33H,11,15-20,22H2,1-10H3,(H,40,47)(H2,41,42,50);1H,(H2,2,3)/t25?,27-,30?,31?,32?,33?;/m1./s1. The van der Waals surface area contributed by atoms with Crippen molar-refractivity contribution in [2.45, 2.75) is 113 Å². The van der Waals surface area contributed by atoms with Crippen LogP contribution in [0, 0.1) is 29.1 Å². The Labute approximate surface area is 321 Å². The van der Waals surface area contributed by atoms with Gasteiger partial charge in [-0.05, 0) is 67.1 Å². The molecule has 6 amide bonds. The van der Waals surface area contributed by atoms with Crippen molar-refractivity contribution in [3.05, 3.63) is 29.3 Å². The van der Waals surface area contributed by atoms with Crippen molar-refractivity contribution in [3.63, 3.8) is 0 Å². The molecule has 0 spiro atoms. The molecule has 2 heterocycles. The van der Waals surface area contributed by atoms with Crippen LogP contribution in [0.3, 0.4) is 0 Å². The Bertz CT molecular complexity index is 1410. The molecule has 298 valence electrons. The quantitative estimate of drug-likeness (QED) is 0.218. The molecule has 0 aromatic heterocycles. The molecular formula is C39H64ClN7O6. The van der Waals surface area contributed by atoms with Gasteiger partial charge in [-0.2, -0.15) is 0 Å². The lowest BCUT2D eigenvalue weighted by molar-refractivity contribution is -0.142. The van der Waals surface area contributed by atoms with Gasteiger partial charge >= 0.3 is 6.03 Å². The molecule has 3 rings (SSSR count). The highest BCUT2D eigenvalue weighted by molar-refractivity contribution is 6.30. The van der Waals surface area contributed by atoms with Crippen LogP contribution >= 0.6 is 11.6 Å². The third kappa shape index (κ3) is 13.2. The minimum atomic E-state index is -0.975. The van der Waals surface area contributed by atoms with E-state index in [-0.39, 0.29) is 53.6 Å². The molecule has 2 aliphatic heterocycles. The number of likely N-dealkylation sites (tertiary alicyclic amines) is 1. The van der Waals surface area contributed by atoms with Crippen molar-refractivity contribution in [1.29, 1.82) is 0 Å². The summed E-state index contributed by atoms with van der Waals surface area (Å²) in [5, 5.41) is 9.37. The van der Waals surface area contributed by atoms with E-state index in [1.807, 2.05) is 72.7 Å². The number of rotatable bonds is 13. The number of amides is 6. The van der Waals surface area contributed by atoms with E-state index in [1.165, 1.54) is 6.92 Å². The Morgan fingerprint density at radius 3 is 2.06 bits per heavy atom. The van der Waals surface area contributed by atoms with Gasteiger partial charge in [0.1, 0.15) is 18.1 Å². The minimum Gasteiger partial charge on any atom is -0.372 e. The van der Waals surface area contributed by atoms with E-state index in [9.17, 15) is 24.0 Å². The molecule has 2 aliphatic rings. The number of benzene rings is 1. The molecular weight excluding hydrogens is 698 g/mol. The Balaban J connectivity index is 0.00000313. The van der Waals surface area contributed by atoms with Crippen molar-refractivity contribution < 1.29 is 28.8 Å². The summed E-state index contributed by atoms with van der Waals surface area (Å²) in [5.74, 6) is -0.637. The van der Waals surface area contributed by atoms with Crippen LogP contribution < -0.4 is 26.6 Å². The number of Topliss-reactive ketones (excluding diaryl/α,β-unsaturated/α-hetero) is 1. The average Bonchev–Trinajstić information content (AvgIpc) is 3.55. The predicted molar refractivity (Wildman–Crippen MR) is 209 cm³/mol. The van der Waals surface area contributed by atoms with Crippen LogP contribution in [-0.2, 0) is 24.0 Å². The summed E-state index contributed by atoms with van der Waals surface area (Å²) in [6, 6.07) is 3.86. The van der Waals surface area contributed by atoms with Gasteiger partial charge in [-0.1, -0.05) is 86.4 Å². The van der Waals surface area contributed by atoms with Crippen LogP contribution in [0.15, 0.2) is 24.3 Å². The van der Waals surface area contributed by atoms with Crippen molar-refractivity contribution in [3.8, 4) is 0 Å². The zero-order valence-corrected chi connectivity index (χ0v) is 34.2. The van der Waals surface area contributed by atoms with Gasteiger partial charge in [0, 0.05) is 43.4 Å². The zero-order chi connectivity index (χ0) is 40.2. The Kier molecular flexibility index (Phi) is 17.6.